The molecule has 26 heavy (non-hydrogen) atoms. The van der Waals surface area contributed by atoms with Gasteiger partial charge in [-0.25, -0.2) is 4.98 Å². The Labute approximate surface area is 157 Å². The lowest BCUT2D eigenvalue weighted by molar-refractivity contribution is -0.132. The van der Waals surface area contributed by atoms with Crippen molar-refractivity contribution < 1.29 is 9.59 Å². The first-order valence-electron chi connectivity index (χ1n) is 9.18. The van der Waals surface area contributed by atoms with Crippen LogP contribution in [0, 0.1) is 6.92 Å². The lowest BCUT2D eigenvalue weighted by Gasteiger charge is -2.35. The summed E-state index contributed by atoms with van der Waals surface area (Å²) in [6.45, 7) is 4.75. The molecular formula is C19H24N4O2S. The third kappa shape index (κ3) is 3.33. The number of hydrogen-bond acceptors (Lipinski definition) is 5. The van der Waals surface area contributed by atoms with Crippen molar-refractivity contribution in [2.24, 2.45) is 0 Å². The van der Waals surface area contributed by atoms with Crippen LogP contribution in [0.1, 0.15) is 34.6 Å². The number of benzene rings is 1. The largest absolute Gasteiger partial charge is 0.340 e. The second-order valence-electron chi connectivity index (χ2n) is 7.30. The topological polar surface area (TPSA) is 65.5 Å². The normalized spacial score (nSPS) is 22.3. The first-order chi connectivity index (χ1) is 12.5. The molecule has 2 amide bonds. The maximum absolute atomic E-state index is 12.8. The van der Waals surface area contributed by atoms with Gasteiger partial charge in [0.1, 0.15) is 6.04 Å². The van der Waals surface area contributed by atoms with Crippen molar-refractivity contribution in [2.75, 3.05) is 26.7 Å². The van der Waals surface area contributed by atoms with Crippen molar-refractivity contribution in [2.45, 2.75) is 38.3 Å². The highest BCUT2D eigenvalue weighted by Gasteiger charge is 2.37. The van der Waals surface area contributed by atoms with Gasteiger partial charge < -0.3 is 15.1 Å². The first-order valence-corrected chi connectivity index (χ1v) is 10.00. The van der Waals surface area contributed by atoms with Crippen molar-refractivity contribution in [3.05, 3.63) is 28.8 Å². The SMILES string of the molecule is Cc1nc2ccc(C(=O)NC3CCN(C4CCN(C)CC4)C3=O)cc2s1. The van der Waals surface area contributed by atoms with E-state index >= 15 is 0 Å². The number of aromatic nitrogens is 1. The molecule has 0 saturated carbocycles. The summed E-state index contributed by atoms with van der Waals surface area (Å²) in [5, 5.41) is 3.92. The van der Waals surface area contributed by atoms with Gasteiger partial charge in [-0.3, -0.25) is 9.59 Å². The number of carbonyl (C=O) groups is 2. The van der Waals surface area contributed by atoms with Gasteiger partial charge in [0, 0.05) is 18.2 Å². The summed E-state index contributed by atoms with van der Waals surface area (Å²) in [6, 6.07) is 5.43. The number of hydrogen-bond donors (Lipinski definition) is 1. The van der Waals surface area contributed by atoms with Gasteiger partial charge in [0.15, 0.2) is 0 Å². The quantitative estimate of drug-likeness (QED) is 0.895. The maximum atomic E-state index is 12.8. The molecule has 0 bridgehead atoms. The second-order valence-corrected chi connectivity index (χ2v) is 8.53. The summed E-state index contributed by atoms with van der Waals surface area (Å²) in [5.74, 6) is -0.107. The standard InChI is InChI=1S/C19H24N4O2S/c1-12-20-15-4-3-13(11-17(15)26-12)18(24)21-16-7-10-23(19(16)25)14-5-8-22(2)9-6-14/h3-4,11,14,16H,5-10H2,1-2H3,(H,21,24). The number of nitrogens with zero attached hydrogens (tertiary/aromatic N) is 3. The number of amides is 2. The fourth-order valence-corrected chi connectivity index (χ4v) is 4.79. The van der Waals surface area contributed by atoms with Crippen molar-refractivity contribution in [1.82, 2.24) is 20.1 Å². The maximum Gasteiger partial charge on any atom is 0.251 e. The molecule has 0 aliphatic carbocycles. The number of aryl methyl sites for hydroxylation is 1. The highest BCUT2D eigenvalue weighted by atomic mass is 32.1. The smallest absolute Gasteiger partial charge is 0.251 e. The van der Waals surface area contributed by atoms with Crippen LogP contribution in [0.5, 0.6) is 0 Å². The van der Waals surface area contributed by atoms with E-state index in [2.05, 4.69) is 22.2 Å². The number of nitrogens with one attached hydrogen (secondary N) is 1. The Balaban J connectivity index is 1.41. The number of fused-ring (bicyclic) bond motifs is 1. The van der Waals surface area contributed by atoms with Crippen LogP contribution in [0.25, 0.3) is 10.2 Å². The third-order valence-electron chi connectivity index (χ3n) is 5.43. The van der Waals surface area contributed by atoms with Crippen LogP contribution in [0.3, 0.4) is 0 Å². The zero-order valence-electron chi connectivity index (χ0n) is 15.2. The van der Waals surface area contributed by atoms with Gasteiger partial charge in [-0.15, -0.1) is 11.3 Å². The lowest BCUT2D eigenvalue weighted by Crippen LogP contribution is -2.48. The predicted octanol–water partition coefficient (Wildman–Crippen LogP) is 2.03. The predicted molar refractivity (Wildman–Crippen MR) is 102 cm³/mol. The molecule has 1 N–H and O–H groups in total. The minimum absolute atomic E-state index is 0.0719. The monoisotopic (exact) mass is 372 g/mol. The Kier molecular flexibility index (Phi) is 4.67. The van der Waals surface area contributed by atoms with Crippen LogP contribution >= 0.6 is 11.3 Å². The van der Waals surface area contributed by atoms with Gasteiger partial charge in [-0.2, -0.15) is 0 Å². The van der Waals surface area contributed by atoms with Crippen LogP contribution in [-0.4, -0.2) is 65.4 Å². The number of carbonyl (C=O) groups excluding carboxylic acids is 2. The highest BCUT2D eigenvalue weighted by molar-refractivity contribution is 7.18. The van der Waals surface area contributed by atoms with Crippen LogP contribution in [0.4, 0.5) is 0 Å². The third-order valence-corrected chi connectivity index (χ3v) is 6.37. The zero-order valence-corrected chi connectivity index (χ0v) is 16.0. The minimum atomic E-state index is -0.402. The Morgan fingerprint density at radius 1 is 1.23 bits per heavy atom. The molecular weight excluding hydrogens is 348 g/mol. The molecule has 2 aromatic rings. The van der Waals surface area contributed by atoms with E-state index in [-0.39, 0.29) is 11.8 Å². The van der Waals surface area contributed by atoms with E-state index in [0.717, 1.165) is 47.7 Å². The molecule has 1 aromatic carbocycles. The van der Waals surface area contributed by atoms with Gasteiger partial charge in [0.2, 0.25) is 5.91 Å². The molecule has 1 aromatic heterocycles. The molecule has 0 spiro atoms. The molecule has 2 saturated heterocycles. The van der Waals surface area contributed by atoms with Gasteiger partial charge in [-0.05, 0) is 64.5 Å². The molecule has 1 unspecified atom stereocenters. The number of rotatable bonds is 3. The Morgan fingerprint density at radius 3 is 2.77 bits per heavy atom. The number of piperidine rings is 1. The molecule has 0 radical (unpaired) electrons. The number of thiazole rings is 1. The van der Waals surface area contributed by atoms with Crippen LogP contribution in [0.2, 0.25) is 0 Å². The van der Waals surface area contributed by atoms with E-state index in [1.165, 1.54) is 0 Å². The van der Waals surface area contributed by atoms with Crippen LogP contribution in [0.15, 0.2) is 18.2 Å². The summed E-state index contributed by atoms with van der Waals surface area (Å²) in [6.07, 6.45) is 2.73. The molecule has 6 nitrogen and oxygen atoms in total. The Morgan fingerprint density at radius 2 is 2.00 bits per heavy atom. The van der Waals surface area contributed by atoms with E-state index in [1.54, 1.807) is 17.4 Å². The van der Waals surface area contributed by atoms with Crippen molar-refractivity contribution >= 4 is 33.4 Å². The molecule has 7 heteroatoms. The van der Waals surface area contributed by atoms with Crippen molar-refractivity contribution in [3.8, 4) is 0 Å². The van der Waals surface area contributed by atoms with E-state index in [9.17, 15) is 9.59 Å². The first kappa shape index (κ1) is 17.4. The van der Waals surface area contributed by atoms with Gasteiger partial charge in [-0.1, -0.05) is 0 Å². The number of likely N-dealkylation sites (tertiary alicyclic amines) is 2. The van der Waals surface area contributed by atoms with Gasteiger partial charge in [0.05, 0.1) is 15.2 Å². The van der Waals surface area contributed by atoms with Crippen LogP contribution in [-0.2, 0) is 4.79 Å². The molecule has 138 valence electrons. The summed E-state index contributed by atoms with van der Waals surface area (Å²) < 4.78 is 1.00. The fraction of sp³-hybridized carbons (Fsp3) is 0.526. The second kappa shape index (κ2) is 6.96. The van der Waals surface area contributed by atoms with E-state index < -0.39 is 6.04 Å². The van der Waals surface area contributed by atoms with E-state index in [4.69, 9.17) is 0 Å². The minimum Gasteiger partial charge on any atom is -0.340 e. The fourth-order valence-electron chi connectivity index (χ4n) is 3.93. The Hall–Kier alpha value is -1.99. The van der Waals surface area contributed by atoms with Gasteiger partial charge in [0.25, 0.3) is 5.91 Å². The molecule has 3 heterocycles. The van der Waals surface area contributed by atoms with Crippen molar-refractivity contribution in [3.63, 3.8) is 0 Å². The average molecular weight is 372 g/mol. The summed E-state index contributed by atoms with van der Waals surface area (Å²) in [7, 11) is 2.12. The van der Waals surface area contributed by atoms with Gasteiger partial charge >= 0.3 is 0 Å². The Bertz CT molecular complexity index is 841. The summed E-state index contributed by atoms with van der Waals surface area (Å²) >= 11 is 1.58. The molecule has 4 rings (SSSR count). The lowest BCUT2D eigenvalue weighted by atomic mass is 10.0. The van der Waals surface area contributed by atoms with Crippen LogP contribution < -0.4 is 5.32 Å². The summed E-state index contributed by atoms with van der Waals surface area (Å²) in [5.41, 5.74) is 1.50. The van der Waals surface area contributed by atoms with Crippen molar-refractivity contribution in [1.29, 1.82) is 0 Å². The average Bonchev–Trinajstić information content (AvgIpc) is 3.17. The molecule has 1 atom stereocenters. The molecule has 2 aliphatic rings. The van der Waals surface area contributed by atoms with E-state index in [0.29, 0.717) is 18.0 Å². The molecule has 2 fully saturated rings. The van der Waals surface area contributed by atoms with E-state index in [1.807, 2.05) is 24.0 Å². The summed E-state index contributed by atoms with van der Waals surface area (Å²) in [4.78, 5) is 34.1. The molecule has 2 aliphatic heterocycles. The highest BCUT2D eigenvalue weighted by Crippen LogP contribution is 2.24. The zero-order chi connectivity index (χ0) is 18.3.